The van der Waals surface area contributed by atoms with Crippen LogP contribution in [0.1, 0.15) is 82.7 Å². The zero-order valence-electron chi connectivity index (χ0n) is 26.3. The summed E-state index contributed by atoms with van der Waals surface area (Å²) < 4.78 is 13.3. The van der Waals surface area contributed by atoms with Gasteiger partial charge in [-0.25, -0.2) is 4.79 Å². The number of hydrogen-bond acceptors (Lipinski definition) is 3. The first-order valence-electron chi connectivity index (χ1n) is 14.3. The van der Waals surface area contributed by atoms with Crippen molar-refractivity contribution in [2.45, 2.75) is 117 Å². The standard InChI is InChI=1S/C33H52O4Si2/c1-12-27(22-31(34)35)28-15-13-14-25(20-28)16-17-26-18-19-29(23-36-38(8,9)32(2,3)4)30(21-26)24-37-39(10,11)33(5,6)7/h13-15,18-22H,12,16-17,23-24H2,1-11H3,(H,34,35)/b27-22+. The normalized spacial score (nSPS) is 13.6. The summed E-state index contributed by atoms with van der Waals surface area (Å²) in [7, 11) is -3.78. The van der Waals surface area contributed by atoms with E-state index >= 15 is 0 Å². The van der Waals surface area contributed by atoms with Crippen LogP contribution in [0.25, 0.3) is 5.57 Å². The molecule has 2 aromatic carbocycles. The van der Waals surface area contributed by atoms with Crippen molar-refractivity contribution in [2.75, 3.05) is 0 Å². The zero-order chi connectivity index (χ0) is 29.6. The molecule has 0 heterocycles. The molecule has 0 saturated carbocycles. The predicted octanol–water partition coefficient (Wildman–Crippen LogP) is 9.39. The summed E-state index contributed by atoms with van der Waals surface area (Å²) >= 11 is 0. The first kappa shape index (κ1) is 33.2. The predicted molar refractivity (Wildman–Crippen MR) is 170 cm³/mol. The van der Waals surface area contributed by atoms with E-state index < -0.39 is 22.6 Å². The van der Waals surface area contributed by atoms with Crippen LogP contribution in [-0.4, -0.2) is 27.7 Å². The van der Waals surface area contributed by atoms with Crippen LogP contribution in [0.15, 0.2) is 48.5 Å². The topological polar surface area (TPSA) is 55.8 Å². The molecule has 0 spiro atoms. The highest BCUT2D eigenvalue weighted by atomic mass is 28.4. The van der Waals surface area contributed by atoms with Gasteiger partial charge in [0.25, 0.3) is 0 Å². The Hall–Kier alpha value is -2.00. The number of allylic oxidation sites excluding steroid dienone is 1. The fourth-order valence-corrected chi connectivity index (χ4v) is 5.71. The Morgan fingerprint density at radius 3 is 1.79 bits per heavy atom. The van der Waals surface area contributed by atoms with Gasteiger partial charge in [-0.05, 0) is 88.9 Å². The molecular formula is C33H52O4Si2. The smallest absolute Gasteiger partial charge is 0.328 e. The van der Waals surface area contributed by atoms with Crippen LogP contribution < -0.4 is 0 Å². The molecule has 0 fully saturated rings. The van der Waals surface area contributed by atoms with E-state index in [4.69, 9.17) is 8.85 Å². The van der Waals surface area contributed by atoms with E-state index in [1.807, 2.05) is 19.1 Å². The summed E-state index contributed by atoms with van der Waals surface area (Å²) in [6.07, 6.45) is 3.80. The van der Waals surface area contributed by atoms with Crippen molar-refractivity contribution in [3.05, 3.63) is 76.4 Å². The minimum atomic E-state index is -1.90. The number of rotatable bonds is 12. The van der Waals surface area contributed by atoms with Gasteiger partial charge in [-0.3, -0.25) is 0 Å². The molecule has 0 amide bonds. The summed E-state index contributed by atoms with van der Waals surface area (Å²) in [5.74, 6) is -0.901. The van der Waals surface area contributed by atoms with E-state index in [0.717, 1.165) is 24.0 Å². The lowest BCUT2D eigenvalue weighted by atomic mass is 9.96. The molecule has 39 heavy (non-hydrogen) atoms. The van der Waals surface area contributed by atoms with Gasteiger partial charge in [0, 0.05) is 6.08 Å². The highest BCUT2D eigenvalue weighted by Crippen LogP contribution is 2.39. The third-order valence-electron chi connectivity index (χ3n) is 8.74. The molecule has 216 valence electrons. The zero-order valence-corrected chi connectivity index (χ0v) is 28.3. The van der Waals surface area contributed by atoms with Crippen LogP contribution in [0.2, 0.25) is 36.3 Å². The number of benzene rings is 2. The van der Waals surface area contributed by atoms with Crippen LogP contribution in [0, 0.1) is 0 Å². The average molecular weight is 569 g/mol. The lowest BCUT2D eigenvalue weighted by Gasteiger charge is -2.37. The van der Waals surface area contributed by atoms with Gasteiger partial charge >= 0.3 is 5.97 Å². The van der Waals surface area contributed by atoms with Gasteiger partial charge in [0.2, 0.25) is 0 Å². The van der Waals surface area contributed by atoms with Crippen molar-refractivity contribution in [1.29, 1.82) is 0 Å². The molecule has 1 N–H and O–H groups in total. The van der Waals surface area contributed by atoms with E-state index in [-0.39, 0.29) is 10.1 Å². The second kappa shape index (κ2) is 13.1. The Bertz CT molecular complexity index is 1150. The largest absolute Gasteiger partial charge is 0.478 e. The molecule has 0 saturated heterocycles. The third kappa shape index (κ3) is 9.56. The summed E-state index contributed by atoms with van der Waals surface area (Å²) in [4.78, 5) is 11.2. The molecule has 6 heteroatoms. The average Bonchev–Trinajstić information content (AvgIpc) is 2.82. The summed E-state index contributed by atoms with van der Waals surface area (Å²) in [5, 5.41) is 9.53. The first-order chi connectivity index (χ1) is 17.9. The van der Waals surface area contributed by atoms with Gasteiger partial charge in [-0.15, -0.1) is 0 Å². The third-order valence-corrected chi connectivity index (χ3v) is 17.7. The molecule has 0 unspecified atom stereocenters. The van der Waals surface area contributed by atoms with Gasteiger partial charge in [0.1, 0.15) is 0 Å². The monoisotopic (exact) mass is 568 g/mol. The van der Waals surface area contributed by atoms with Crippen LogP contribution in [0.5, 0.6) is 0 Å². The molecular weight excluding hydrogens is 517 g/mol. The number of carboxylic acid groups (broad SMARTS) is 1. The molecule has 2 rings (SSSR count). The molecule has 0 aliphatic heterocycles. The number of hydrogen-bond donors (Lipinski definition) is 1. The molecule has 4 nitrogen and oxygen atoms in total. The fraction of sp³-hybridized carbons (Fsp3) is 0.545. The lowest BCUT2D eigenvalue weighted by Crippen LogP contribution is -2.41. The van der Waals surface area contributed by atoms with Crippen molar-refractivity contribution in [1.82, 2.24) is 0 Å². The maximum absolute atomic E-state index is 11.2. The van der Waals surface area contributed by atoms with Crippen LogP contribution in [0.3, 0.4) is 0 Å². The Balaban J connectivity index is 2.29. The Kier molecular flexibility index (Phi) is 11.2. The van der Waals surface area contributed by atoms with Crippen LogP contribution >= 0.6 is 0 Å². The number of carboxylic acids is 1. The van der Waals surface area contributed by atoms with E-state index in [1.165, 1.54) is 28.3 Å². The maximum Gasteiger partial charge on any atom is 0.328 e. The molecule has 0 aliphatic rings. The first-order valence-corrected chi connectivity index (χ1v) is 20.1. The Labute approximate surface area is 240 Å². The minimum Gasteiger partial charge on any atom is -0.478 e. The van der Waals surface area contributed by atoms with Crippen LogP contribution in [-0.2, 0) is 39.7 Å². The Morgan fingerprint density at radius 1 is 0.795 bits per heavy atom. The highest BCUT2D eigenvalue weighted by molar-refractivity contribution is 6.74. The minimum absolute atomic E-state index is 0.153. The second-order valence-corrected chi connectivity index (χ2v) is 23.4. The van der Waals surface area contributed by atoms with Crippen molar-refractivity contribution < 1.29 is 18.8 Å². The lowest BCUT2D eigenvalue weighted by molar-refractivity contribution is -0.131. The van der Waals surface area contributed by atoms with Crippen molar-refractivity contribution in [3.63, 3.8) is 0 Å². The summed E-state index contributed by atoms with van der Waals surface area (Å²) in [5.41, 5.74) is 6.77. The maximum atomic E-state index is 11.2. The SMILES string of the molecule is CC/C(=C\C(=O)O)c1cccc(CCc2ccc(CO[Si](C)(C)C(C)(C)C)c(CO[Si](C)(C)C(C)(C)C)c2)c1. The Morgan fingerprint density at radius 2 is 1.31 bits per heavy atom. The van der Waals surface area contributed by atoms with Gasteiger partial charge in [-0.1, -0.05) is 90.9 Å². The molecule has 0 bridgehead atoms. The number of aryl methyl sites for hydroxylation is 2. The van der Waals surface area contributed by atoms with Gasteiger partial charge in [-0.2, -0.15) is 0 Å². The van der Waals surface area contributed by atoms with Gasteiger partial charge < -0.3 is 14.0 Å². The number of carbonyl (C=O) groups is 1. The second-order valence-electron chi connectivity index (χ2n) is 13.8. The summed E-state index contributed by atoms with van der Waals surface area (Å²) in [6, 6.07) is 15.0. The number of aliphatic carboxylic acids is 1. The molecule has 0 atom stereocenters. The molecule has 2 aromatic rings. The van der Waals surface area contributed by atoms with E-state index in [9.17, 15) is 9.90 Å². The van der Waals surface area contributed by atoms with Crippen LogP contribution in [0.4, 0.5) is 0 Å². The van der Waals surface area contributed by atoms with Gasteiger partial charge in [0.05, 0.1) is 13.2 Å². The van der Waals surface area contributed by atoms with Crippen molar-refractivity contribution in [3.8, 4) is 0 Å². The highest BCUT2D eigenvalue weighted by Gasteiger charge is 2.38. The summed E-state index contributed by atoms with van der Waals surface area (Å²) in [6.45, 7) is 26.1. The van der Waals surface area contributed by atoms with Gasteiger partial charge in [0.15, 0.2) is 16.6 Å². The van der Waals surface area contributed by atoms with E-state index in [0.29, 0.717) is 19.6 Å². The quantitative estimate of drug-likeness (QED) is 0.205. The van der Waals surface area contributed by atoms with E-state index in [1.54, 1.807) is 0 Å². The van der Waals surface area contributed by atoms with Crippen molar-refractivity contribution >= 4 is 28.2 Å². The molecule has 0 aromatic heterocycles. The van der Waals surface area contributed by atoms with E-state index in [2.05, 4.69) is 98.1 Å². The molecule has 0 aliphatic carbocycles. The van der Waals surface area contributed by atoms with Crippen molar-refractivity contribution in [2.24, 2.45) is 0 Å². The fourth-order valence-electron chi connectivity index (χ4n) is 3.81. The molecule has 0 radical (unpaired) electrons.